The number of carboxylic acids is 1. The van der Waals surface area contributed by atoms with Gasteiger partial charge in [0.25, 0.3) is 0 Å². The molecule has 0 aromatic heterocycles. The minimum Gasteiger partial charge on any atom is -0.481 e. The van der Waals surface area contributed by atoms with E-state index in [4.69, 9.17) is 5.11 Å². The van der Waals surface area contributed by atoms with Crippen molar-refractivity contribution in [3.05, 3.63) is 29.6 Å². The van der Waals surface area contributed by atoms with Crippen LogP contribution in [0, 0.1) is 11.7 Å². The number of fused-ring (bicyclic) bond motifs is 2. The number of benzene rings is 1. The van der Waals surface area contributed by atoms with Crippen LogP contribution in [-0.4, -0.2) is 45.2 Å². The lowest BCUT2D eigenvalue weighted by atomic mass is 9.81. The number of carbonyl (C=O) groups is 3. The summed E-state index contributed by atoms with van der Waals surface area (Å²) in [4.78, 5) is 38.9. The SMILES string of the molecule is O=C(O)CCC(=O)N(C1CC1)C1c2ccc(F)cc2N(C(=O)O)C2CCCC21. The average Bonchev–Trinajstić information content (AvgIpc) is 3.35. The summed E-state index contributed by atoms with van der Waals surface area (Å²) in [6.45, 7) is 0. The van der Waals surface area contributed by atoms with Crippen LogP contribution in [0.5, 0.6) is 0 Å². The minimum absolute atomic E-state index is 0.0434. The third-order valence-corrected chi connectivity index (χ3v) is 6.13. The van der Waals surface area contributed by atoms with Gasteiger partial charge >= 0.3 is 12.1 Å². The van der Waals surface area contributed by atoms with E-state index in [2.05, 4.69) is 0 Å². The number of hydrogen-bond donors (Lipinski definition) is 2. The lowest BCUT2D eigenvalue weighted by Gasteiger charge is -2.46. The minimum atomic E-state index is -1.11. The van der Waals surface area contributed by atoms with E-state index in [1.165, 1.54) is 17.0 Å². The predicted octanol–water partition coefficient (Wildman–Crippen LogP) is 3.39. The molecule has 2 fully saturated rings. The second-order valence-corrected chi connectivity index (χ2v) is 7.89. The number of anilines is 1. The number of hydrogen-bond acceptors (Lipinski definition) is 3. The lowest BCUT2D eigenvalue weighted by Crippen LogP contribution is -2.52. The first-order chi connectivity index (χ1) is 13.4. The third kappa shape index (κ3) is 3.21. The van der Waals surface area contributed by atoms with E-state index in [1.54, 1.807) is 11.0 Å². The Balaban J connectivity index is 1.78. The molecule has 0 saturated heterocycles. The topological polar surface area (TPSA) is 98.2 Å². The molecule has 0 spiro atoms. The normalized spacial score (nSPS) is 25.8. The van der Waals surface area contributed by atoms with Gasteiger partial charge in [-0.25, -0.2) is 9.18 Å². The molecule has 3 aliphatic rings. The fraction of sp³-hybridized carbons (Fsp3) is 0.550. The Kier molecular flexibility index (Phi) is 4.72. The molecule has 28 heavy (non-hydrogen) atoms. The number of carboxylic acid groups (broad SMARTS) is 2. The van der Waals surface area contributed by atoms with Gasteiger partial charge < -0.3 is 15.1 Å². The lowest BCUT2D eigenvalue weighted by molar-refractivity contribution is -0.142. The summed E-state index contributed by atoms with van der Waals surface area (Å²) in [6, 6.07) is 3.52. The molecule has 2 N–H and O–H groups in total. The largest absolute Gasteiger partial charge is 0.481 e. The molecular weight excluding hydrogens is 367 g/mol. The van der Waals surface area contributed by atoms with Crippen molar-refractivity contribution < 1.29 is 29.0 Å². The molecule has 0 radical (unpaired) electrons. The van der Waals surface area contributed by atoms with Gasteiger partial charge in [-0.2, -0.15) is 0 Å². The predicted molar refractivity (Wildman–Crippen MR) is 97.5 cm³/mol. The molecule has 0 bridgehead atoms. The highest BCUT2D eigenvalue weighted by atomic mass is 19.1. The maximum absolute atomic E-state index is 14.0. The van der Waals surface area contributed by atoms with Crippen molar-refractivity contribution in [2.75, 3.05) is 4.90 Å². The highest BCUT2D eigenvalue weighted by molar-refractivity contribution is 5.90. The standard InChI is InChI=1S/C20H23FN2O5/c21-11-4-7-14-16(10-11)23(20(27)28)15-3-1-2-13(15)19(14)22(12-5-6-12)17(24)8-9-18(25)26/h4,7,10,12-13,15,19H,1-3,5-6,8-9H2,(H,25,26)(H,27,28). The van der Waals surface area contributed by atoms with Gasteiger partial charge in [0.15, 0.2) is 0 Å². The van der Waals surface area contributed by atoms with Crippen molar-refractivity contribution in [3.8, 4) is 0 Å². The fourth-order valence-corrected chi connectivity index (χ4v) is 4.93. The van der Waals surface area contributed by atoms with Crippen LogP contribution in [0.1, 0.15) is 56.6 Å². The molecule has 1 aliphatic heterocycles. The Morgan fingerprint density at radius 1 is 1.11 bits per heavy atom. The smallest absolute Gasteiger partial charge is 0.412 e. The first-order valence-corrected chi connectivity index (χ1v) is 9.73. The summed E-state index contributed by atoms with van der Waals surface area (Å²) in [7, 11) is 0. The van der Waals surface area contributed by atoms with Crippen LogP contribution in [0.25, 0.3) is 0 Å². The van der Waals surface area contributed by atoms with E-state index >= 15 is 0 Å². The zero-order chi connectivity index (χ0) is 20.0. The highest BCUT2D eigenvalue weighted by Gasteiger charge is 2.51. The first-order valence-electron chi connectivity index (χ1n) is 9.73. The second kappa shape index (κ2) is 7.07. The van der Waals surface area contributed by atoms with Crippen molar-refractivity contribution in [2.24, 2.45) is 5.92 Å². The van der Waals surface area contributed by atoms with Crippen LogP contribution in [0.4, 0.5) is 14.9 Å². The van der Waals surface area contributed by atoms with Crippen LogP contribution in [0.2, 0.25) is 0 Å². The molecule has 2 aliphatic carbocycles. The van der Waals surface area contributed by atoms with Gasteiger partial charge in [-0.1, -0.05) is 12.5 Å². The third-order valence-electron chi connectivity index (χ3n) is 6.13. The Morgan fingerprint density at radius 3 is 2.50 bits per heavy atom. The van der Waals surface area contributed by atoms with Crippen LogP contribution in [0.15, 0.2) is 18.2 Å². The quantitative estimate of drug-likeness (QED) is 0.803. The molecule has 2 amide bonds. The maximum atomic E-state index is 14.0. The molecule has 2 saturated carbocycles. The number of halogens is 1. The van der Waals surface area contributed by atoms with E-state index in [-0.39, 0.29) is 42.8 Å². The molecule has 150 valence electrons. The summed E-state index contributed by atoms with van der Waals surface area (Å²) >= 11 is 0. The summed E-state index contributed by atoms with van der Waals surface area (Å²) in [5, 5.41) is 18.7. The first kappa shape index (κ1) is 18.7. The zero-order valence-corrected chi connectivity index (χ0v) is 15.4. The highest BCUT2D eigenvalue weighted by Crippen LogP contribution is 2.52. The van der Waals surface area contributed by atoms with E-state index in [0.29, 0.717) is 17.7 Å². The molecule has 8 heteroatoms. The van der Waals surface area contributed by atoms with Gasteiger partial charge in [0.2, 0.25) is 5.91 Å². The van der Waals surface area contributed by atoms with Gasteiger partial charge in [-0.3, -0.25) is 14.5 Å². The Hall–Kier alpha value is -2.64. The van der Waals surface area contributed by atoms with Gasteiger partial charge in [0.05, 0.1) is 18.2 Å². The summed E-state index contributed by atoms with van der Waals surface area (Å²) < 4.78 is 14.0. The van der Waals surface area contributed by atoms with Crippen molar-refractivity contribution in [2.45, 2.75) is 63.1 Å². The number of rotatable bonds is 5. The van der Waals surface area contributed by atoms with Gasteiger partial charge in [-0.05, 0) is 43.4 Å². The number of amides is 2. The van der Waals surface area contributed by atoms with E-state index in [1.807, 2.05) is 0 Å². The molecule has 3 unspecified atom stereocenters. The molecule has 1 heterocycles. The van der Waals surface area contributed by atoms with Gasteiger partial charge in [-0.15, -0.1) is 0 Å². The number of nitrogens with zero attached hydrogens (tertiary/aromatic N) is 2. The van der Waals surface area contributed by atoms with Crippen LogP contribution >= 0.6 is 0 Å². The van der Waals surface area contributed by atoms with Crippen LogP contribution in [0.3, 0.4) is 0 Å². The van der Waals surface area contributed by atoms with Crippen molar-refractivity contribution in [1.29, 1.82) is 0 Å². The summed E-state index contributed by atoms with van der Waals surface area (Å²) in [6.07, 6.45) is 2.57. The monoisotopic (exact) mass is 390 g/mol. The maximum Gasteiger partial charge on any atom is 0.412 e. The zero-order valence-electron chi connectivity index (χ0n) is 15.4. The fourth-order valence-electron chi connectivity index (χ4n) is 4.93. The van der Waals surface area contributed by atoms with Gasteiger partial charge in [0.1, 0.15) is 5.82 Å². The summed E-state index contributed by atoms with van der Waals surface area (Å²) in [5.41, 5.74) is 0.944. The van der Waals surface area contributed by atoms with Crippen LogP contribution < -0.4 is 4.90 Å². The van der Waals surface area contributed by atoms with Crippen molar-refractivity contribution in [3.63, 3.8) is 0 Å². The van der Waals surface area contributed by atoms with E-state index in [9.17, 15) is 23.9 Å². The van der Waals surface area contributed by atoms with Crippen LogP contribution in [-0.2, 0) is 9.59 Å². The Bertz CT molecular complexity index is 825. The molecule has 4 rings (SSSR count). The second-order valence-electron chi connectivity index (χ2n) is 7.89. The number of aliphatic carboxylic acids is 1. The van der Waals surface area contributed by atoms with E-state index < -0.39 is 17.9 Å². The molecule has 1 aromatic carbocycles. The molecular formula is C20H23FN2O5. The Morgan fingerprint density at radius 2 is 1.86 bits per heavy atom. The van der Waals surface area contributed by atoms with Gasteiger partial charge in [0, 0.05) is 24.4 Å². The van der Waals surface area contributed by atoms with Crippen molar-refractivity contribution >= 4 is 23.7 Å². The Labute approximate surface area is 161 Å². The number of carbonyl (C=O) groups excluding carboxylic acids is 1. The molecule has 1 aromatic rings. The average molecular weight is 390 g/mol. The van der Waals surface area contributed by atoms with E-state index in [0.717, 1.165) is 25.7 Å². The molecule has 7 nitrogen and oxygen atoms in total. The summed E-state index contributed by atoms with van der Waals surface area (Å²) in [5.74, 6) is -1.83. The van der Waals surface area contributed by atoms with Crippen molar-refractivity contribution in [1.82, 2.24) is 4.90 Å². The molecule has 3 atom stereocenters.